The van der Waals surface area contributed by atoms with Crippen LogP contribution in [0.5, 0.6) is 0 Å². The molecule has 0 saturated heterocycles. The molecule has 3 nitrogen and oxygen atoms in total. The van der Waals surface area contributed by atoms with Crippen molar-refractivity contribution >= 4 is 23.2 Å². The van der Waals surface area contributed by atoms with Crippen LogP contribution < -0.4 is 11.1 Å². The molecular formula is C15H15ClN2O. The van der Waals surface area contributed by atoms with Crippen molar-refractivity contribution in [3.63, 3.8) is 0 Å². The normalized spacial score (nSPS) is 10.3. The summed E-state index contributed by atoms with van der Waals surface area (Å²) >= 11 is 6.02. The number of amides is 1. The summed E-state index contributed by atoms with van der Waals surface area (Å²) in [6, 6.07) is 12.8. The average molecular weight is 275 g/mol. The molecule has 2 aromatic carbocycles. The lowest BCUT2D eigenvalue weighted by Crippen LogP contribution is -2.15. The number of rotatable bonds is 3. The van der Waals surface area contributed by atoms with Crippen LogP contribution in [0.4, 0.5) is 5.69 Å². The van der Waals surface area contributed by atoms with Crippen LogP contribution in [0.1, 0.15) is 21.5 Å². The molecule has 0 aliphatic rings. The first-order valence-electron chi connectivity index (χ1n) is 5.98. The SMILES string of the molecule is Cc1c(Cl)cccc1C(=O)Nc1ccccc1CN. The molecule has 0 spiro atoms. The van der Waals surface area contributed by atoms with Crippen LogP contribution in [0.15, 0.2) is 42.5 Å². The van der Waals surface area contributed by atoms with Crippen LogP contribution >= 0.6 is 11.6 Å². The predicted molar refractivity (Wildman–Crippen MR) is 78.5 cm³/mol. The molecule has 2 aromatic rings. The van der Waals surface area contributed by atoms with Crippen molar-refractivity contribution in [2.24, 2.45) is 5.73 Å². The second kappa shape index (κ2) is 5.87. The molecule has 0 heterocycles. The first-order chi connectivity index (χ1) is 9.13. The Morgan fingerprint density at radius 1 is 1.21 bits per heavy atom. The third-order valence-electron chi connectivity index (χ3n) is 3.00. The first-order valence-corrected chi connectivity index (χ1v) is 6.35. The molecule has 0 aliphatic heterocycles. The summed E-state index contributed by atoms with van der Waals surface area (Å²) < 4.78 is 0. The fraction of sp³-hybridized carbons (Fsp3) is 0.133. The lowest BCUT2D eigenvalue weighted by Gasteiger charge is -2.11. The molecule has 0 aliphatic carbocycles. The van der Waals surface area contributed by atoms with E-state index in [4.69, 9.17) is 17.3 Å². The van der Waals surface area contributed by atoms with E-state index in [9.17, 15) is 4.79 Å². The summed E-state index contributed by atoms with van der Waals surface area (Å²) in [6.07, 6.45) is 0. The molecule has 0 aromatic heterocycles. The second-order valence-corrected chi connectivity index (χ2v) is 4.63. The topological polar surface area (TPSA) is 55.1 Å². The molecule has 3 N–H and O–H groups in total. The van der Waals surface area contributed by atoms with Crippen molar-refractivity contribution in [3.8, 4) is 0 Å². The summed E-state index contributed by atoms with van der Waals surface area (Å²) in [5.41, 5.74) is 8.62. The Morgan fingerprint density at radius 3 is 2.68 bits per heavy atom. The van der Waals surface area contributed by atoms with Gasteiger partial charge in [0.05, 0.1) is 0 Å². The Hall–Kier alpha value is -1.84. The number of benzene rings is 2. The fourth-order valence-electron chi connectivity index (χ4n) is 1.86. The monoisotopic (exact) mass is 274 g/mol. The van der Waals surface area contributed by atoms with E-state index in [-0.39, 0.29) is 5.91 Å². The molecule has 0 fully saturated rings. The average Bonchev–Trinajstić information content (AvgIpc) is 2.42. The summed E-state index contributed by atoms with van der Waals surface area (Å²) in [5.74, 6) is -0.180. The van der Waals surface area contributed by atoms with Gasteiger partial charge in [-0.2, -0.15) is 0 Å². The molecule has 0 bridgehead atoms. The van der Waals surface area contributed by atoms with Gasteiger partial charge in [-0.3, -0.25) is 4.79 Å². The van der Waals surface area contributed by atoms with Gasteiger partial charge in [0.1, 0.15) is 0 Å². The van der Waals surface area contributed by atoms with Crippen molar-refractivity contribution in [2.45, 2.75) is 13.5 Å². The minimum absolute atomic E-state index is 0.180. The van der Waals surface area contributed by atoms with Gasteiger partial charge in [0.25, 0.3) is 5.91 Å². The molecule has 2 rings (SSSR count). The number of anilines is 1. The van der Waals surface area contributed by atoms with Crippen LogP contribution in [0.25, 0.3) is 0 Å². The second-order valence-electron chi connectivity index (χ2n) is 4.23. The molecule has 0 saturated carbocycles. The summed E-state index contributed by atoms with van der Waals surface area (Å²) in [7, 11) is 0. The smallest absolute Gasteiger partial charge is 0.255 e. The fourth-order valence-corrected chi connectivity index (χ4v) is 2.04. The number of nitrogens with two attached hydrogens (primary N) is 1. The van der Waals surface area contributed by atoms with E-state index in [2.05, 4.69) is 5.32 Å². The highest BCUT2D eigenvalue weighted by atomic mass is 35.5. The van der Waals surface area contributed by atoms with E-state index in [0.29, 0.717) is 17.1 Å². The van der Waals surface area contributed by atoms with E-state index in [1.54, 1.807) is 18.2 Å². The zero-order valence-electron chi connectivity index (χ0n) is 10.6. The van der Waals surface area contributed by atoms with Gasteiger partial charge in [-0.1, -0.05) is 35.9 Å². The number of para-hydroxylation sites is 1. The minimum Gasteiger partial charge on any atom is -0.326 e. The maximum atomic E-state index is 12.2. The van der Waals surface area contributed by atoms with Gasteiger partial charge >= 0.3 is 0 Å². The number of hydrogen-bond acceptors (Lipinski definition) is 2. The molecule has 1 amide bonds. The van der Waals surface area contributed by atoms with Gasteiger partial charge in [0.15, 0.2) is 0 Å². The quantitative estimate of drug-likeness (QED) is 0.902. The van der Waals surface area contributed by atoms with Crippen molar-refractivity contribution in [2.75, 3.05) is 5.32 Å². The first kappa shape index (κ1) is 13.6. The van der Waals surface area contributed by atoms with Gasteiger partial charge < -0.3 is 11.1 Å². The molecule has 98 valence electrons. The number of carbonyl (C=O) groups excluding carboxylic acids is 1. The minimum atomic E-state index is -0.180. The zero-order valence-corrected chi connectivity index (χ0v) is 11.4. The lowest BCUT2D eigenvalue weighted by molar-refractivity contribution is 0.102. The van der Waals surface area contributed by atoms with Crippen molar-refractivity contribution < 1.29 is 4.79 Å². The number of halogens is 1. The highest BCUT2D eigenvalue weighted by Gasteiger charge is 2.12. The van der Waals surface area contributed by atoms with Crippen LogP contribution in [-0.4, -0.2) is 5.91 Å². The van der Waals surface area contributed by atoms with Crippen molar-refractivity contribution in [3.05, 3.63) is 64.2 Å². The highest BCUT2D eigenvalue weighted by Crippen LogP contribution is 2.21. The predicted octanol–water partition coefficient (Wildman–Crippen LogP) is 3.36. The van der Waals surface area contributed by atoms with Crippen molar-refractivity contribution in [1.29, 1.82) is 0 Å². The Bertz CT molecular complexity index is 611. The van der Waals surface area contributed by atoms with E-state index in [1.807, 2.05) is 31.2 Å². The van der Waals surface area contributed by atoms with Gasteiger partial charge in [0, 0.05) is 22.8 Å². The van der Waals surface area contributed by atoms with Crippen LogP contribution in [0.3, 0.4) is 0 Å². The molecule has 19 heavy (non-hydrogen) atoms. The third kappa shape index (κ3) is 2.95. The van der Waals surface area contributed by atoms with E-state index in [1.165, 1.54) is 0 Å². The van der Waals surface area contributed by atoms with Crippen LogP contribution in [0, 0.1) is 6.92 Å². The van der Waals surface area contributed by atoms with Crippen LogP contribution in [0.2, 0.25) is 5.02 Å². The summed E-state index contributed by atoms with van der Waals surface area (Å²) in [5, 5.41) is 3.45. The standard InChI is InChI=1S/C15H15ClN2O/c1-10-12(6-4-7-13(10)16)15(19)18-14-8-3-2-5-11(14)9-17/h2-8H,9,17H2,1H3,(H,18,19). The number of hydrogen-bond donors (Lipinski definition) is 2. The lowest BCUT2D eigenvalue weighted by atomic mass is 10.1. The molecular weight excluding hydrogens is 260 g/mol. The maximum absolute atomic E-state index is 12.2. The van der Waals surface area contributed by atoms with Gasteiger partial charge in [-0.15, -0.1) is 0 Å². The van der Waals surface area contributed by atoms with Gasteiger partial charge in [0.2, 0.25) is 0 Å². The van der Waals surface area contributed by atoms with Crippen molar-refractivity contribution in [1.82, 2.24) is 0 Å². The van der Waals surface area contributed by atoms with E-state index in [0.717, 1.165) is 16.8 Å². The molecule has 0 radical (unpaired) electrons. The Balaban J connectivity index is 2.28. The highest BCUT2D eigenvalue weighted by molar-refractivity contribution is 6.32. The summed E-state index contributed by atoms with van der Waals surface area (Å²) in [6.45, 7) is 2.21. The Kier molecular flexibility index (Phi) is 4.20. The molecule has 4 heteroatoms. The van der Waals surface area contributed by atoms with Gasteiger partial charge in [-0.25, -0.2) is 0 Å². The molecule has 0 atom stereocenters. The van der Waals surface area contributed by atoms with Gasteiger partial charge in [-0.05, 0) is 36.2 Å². The largest absolute Gasteiger partial charge is 0.326 e. The maximum Gasteiger partial charge on any atom is 0.255 e. The van der Waals surface area contributed by atoms with E-state index < -0.39 is 0 Å². The number of nitrogens with one attached hydrogen (secondary N) is 1. The van der Waals surface area contributed by atoms with E-state index >= 15 is 0 Å². The molecule has 0 unspecified atom stereocenters. The van der Waals surface area contributed by atoms with Crippen LogP contribution in [-0.2, 0) is 6.54 Å². The number of carbonyl (C=O) groups is 1. The summed E-state index contributed by atoms with van der Waals surface area (Å²) in [4.78, 5) is 12.2. The Labute approximate surface area is 117 Å². The third-order valence-corrected chi connectivity index (χ3v) is 3.41. The Morgan fingerprint density at radius 2 is 1.95 bits per heavy atom. The zero-order chi connectivity index (χ0) is 13.8.